The first-order valence-corrected chi connectivity index (χ1v) is 7.19. The summed E-state index contributed by atoms with van der Waals surface area (Å²) in [5.74, 6) is -0.769. The van der Waals surface area contributed by atoms with Gasteiger partial charge in [-0.2, -0.15) is 0 Å². The van der Waals surface area contributed by atoms with Crippen LogP contribution in [0.4, 0.5) is 19.3 Å². The lowest BCUT2D eigenvalue weighted by atomic mass is 10.2. The van der Waals surface area contributed by atoms with Crippen molar-refractivity contribution in [3.05, 3.63) is 59.7 Å². The van der Waals surface area contributed by atoms with Gasteiger partial charge in [0.05, 0.1) is 11.8 Å². The average molecular weight is 320 g/mol. The molecule has 0 unspecified atom stereocenters. The minimum absolute atomic E-state index is 0.0791. The minimum Gasteiger partial charge on any atom is -0.491 e. The van der Waals surface area contributed by atoms with Gasteiger partial charge in [-0.1, -0.05) is 12.1 Å². The largest absolute Gasteiger partial charge is 0.491 e. The van der Waals surface area contributed by atoms with Gasteiger partial charge in [-0.15, -0.1) is 0 Å². The van der Waals surface area contributed by atoms with Crippen molar-refractivity contribution in [3.8, 4) is 5.75 Å². The third kappa shape index (κ3) is 5.25. The first-order valence-electron chi connectivity index (χ1n) is 7.19. The molecule has 6 heteroatoms. The van der Waals surface area contributed by atoms with Crippen LogP contribution in [0.1, 0.15) is 19.4 Å². The van der Waals surface area contributed by atoms with Gasteiger partial charge in [-0.25, -0.2) is 13.6 Å². The molecule has 0 saturated heterocycles. The Morgan fingerprint density at radius 2 is 1.83 bits per heavy atom. The summed E-state index contributed by atoms with van der Waals surface area (Å²) in [6.45, 7) is 4.15. The van der Waals surface area contributed by atoms with Crippen LogP contribution < -0.4 is 15.4 Å². The quantitative estimate of drug-likeness (QED) is 0.872. The molecule has 0 bridgehead atoms. The van der Waals surface area contributed by atoms with E-state index >= 15 is 0 Å². The number of anilines is 1. The summed E-state index contributed by atoms with van der Waals surface area (Å²) in [5, 5.41) is 4.93. The van der Waals surface area contributed by atoms with Crippen molar-refractivity contribution in [2.75, 3.05) is 5.32 Å². The zero-order valence-corrected chi connectivity index (χ0v) is 12.9. The zero-order valence-electron chi connectivity index (χ0n) is 12.9. The Balaban J connectivity index is 1.86. The SMILES string of the molecule is CC(C)Oc1ccc(CNC(=O)Nc2ccc(F)cc2F)cc1. The molecular weight excluding hydrogens is 302 g/mol. The van der Waals surface area contributed by atoms with E-state index in [2.05, 4.69) is 10.6 Å². The summed E-state index contributed by atoms with van der Waals surface area (Å²) >= 11 is 0. The van der Waals surface area contributed by atoms with E-state index in [-0.39, 0.29) is 18.3 Å². The van der Waals surface area contributed by atoms with Crippen LogP contribution in [-0.2, 0) is 6.54 Å². The molecule has 2 amide bonds. The van der Waals surface area contributed by atoms with Crippen molar-refractivity contribution >= 4 is 11.7 Å². The normalized spacial score (nSPS) is 10.5. The van der Waals surface area contributed by atoms with E-state index in [0.29, 0.717) is 6.07 Å². The van der Waals surface area contributed by atoms with E-state index in [1.165, 1.54) is 6.07 Å². The lowest BCUT2D eigenvalue weighted by Gasteiger charge is -2.11. The lowest BCUT2D eigenvalue weighted by molar-refractivity contribution is 0.242. The number of hydrogen-bond acceptors (Lipinski definition) is 2. The summed E-state index contributed by atoms with van der Waals surface area (Å²) in [5.41, 5.74) is 0.792. The van der Waals surface area contributed by atoms with Gasteiger partial charge < -0.3 is 15.4 Å². The Bertz CT molecular complexity index is 673. The molecule has 0 fully saturated rings. The Morgan fingerprint density at radius 3 is 2.43 bits per heavy atom. The molecule has 0 aromatic heterocycles. The van der Waals surface area contributed by atoms with Crippen molar-refractivity contribution in [1.29, 1.82) is 0 Å². The zero-order chi connectivity index (χ0) is 16.8. The van der Waals surface area contributed by atoms with Gasteiger partial charge in [0.2, 0.25) is 0 Å². The van der Waals surface area contributed by atoms with Gasteiger partial charge >= 0.3 is 6.03 Å². The highest BCUT2D eigenvalue weighted by Crippen LogP contribution is 2.15. The second kappa shape index (κ2) is 7.58. The van der Waals surface area contributed by atoms with E-state index in [0.717, 1.165) is 17.4 Å². The van der Waals surface area contributed by atoms with Gasteiger partial charge in [0, 0.05) is 12.6 Å². The average Bonchev–Trinajstić information content (AvgIpc) is 2.49. The summed E-state index contributed by atoms with van der Waals surface area (Å²) in [4.78, 5) is 11.7. The van der Waals surface area contributed by atoms with Gasteiger partial charge in [-0.3, -0.25) is 0 Å². The fourth-order valence-corrected chi connectivity index (χ4v) is 1.90. The maximum absolute atomic E-state index is 13.4. The van der Waals surface area contributed by atoms with Crippen molar-refractivity contribution in [1.82, 2.24) is 5.32 Å². The van der Waals surface area contributed by atoms with Crippen LogP contribution in [0, 0.1) is 11.6 Å². The number of urea groups is 1. The Kier molecular flexibility index (Phi) is 5.51. The predicted octanol–water partition coefficient (Wildman–Crippen LogP) is 4.07. The molecular formula is C17H18F2N2O2. The van der Waals surface area contributed by atoms with Crippen LogP contribution in [0.3, 0.4) is 0 Å². The van der Waals surface area contributed by atoms with Gasteiger partial charge in [0.25, 0.3) is 0 Å². The number of carbonyl (C=O) groups is 1. The molecule has 122 valence electrons. The maximum Gasteiger partial charge on any atom is 0.319 e. The molecule has 0 heterocycles. The van der Waals surface area contributed by atoms with Crippen molar-refractivity contribution in [2.24, 2.45) is 0 Å². The molecule has 2 aromatic carbocycles. The van der Waals surface area contributed by atoms with E-state index in [1.807, 2.05) is 38.1 Å². The number of nitrogens with one attached hydrogen (secondary N) is 2. The molecule has 4 nitrogen and oxygen atoms in total. The van der Waals surface area contributed by atoms with Crippen LogP contribution in [0.2, 0.25) is 0 Å². The minimum atomic E-state index is -0.824. The van der Waals surface area contributed by atoms with E-state index in [1.54, 1.807) is 0 Å². The first-order chi connectivity index (χ1) is 10.9. The molecule has 0 radical (unpaired) electrons. The number of hydrogen-bond donors (Lipinski definition) is 2. The Labute approximate surface area is 133 Å². The third-order valence-corrected chi connectivity index (χ3v) is 2.93. The van der Waals surface area contributed by atoms with E-state index in [4.69, 9.17) is 4.74 Å². The second-order valence-corrected chi connectivity index (χ2v) is 5.24. The van der Waals surface area contributed by atoms with Crippen LogP contribution >= 0.6 is 0 Å². The Hall–Kier alpha value is -2.63. The molecule has 2 aromatic rings. The Morgan fingerprint density at radius 1 is 1.13 bits per heavy atom. The highest BCUT2D eigenvalue weighted by atomic mass is 19.1. The van der Waals surface area contributed by atoms with Crippen LogP contribution in [0.5, 0.6) is 5.75 Å². The molecule has 0 aliphatic heterocycles. The molecule has 0 spiro atoms. The molecule has 0 saturated carbocycles. The topological polar surface area (TPSA) is 50.4 Å². The molecule has 23 heavy (non-hydrogen) atoms. The number of halogens is 2. The number of ether oxygens (including phenoxy) is 1. The summed E-state index contributed by atoms with van der Waals surface area (Å²) in [6, 6.07) is 9.67. The van der Waals surface area contributed by atoms with Crippen molar-refractivity contribution in [3.63, 3.8) is 0 Å². The van der Waals surface area contributed by atoms with Gasteiger partial charge in [0.1, 0.15) is 17.4 Å². The summed E-state index contributed by atoms with van der Waals surface area (Å²) < 4.78 is 31.7. The fraction of sp³-hybridized carbons (Fsp3) is 0.235. The standard InChI is InChI=1S/C17H18F2N2O2/c1-11(2)23-14-6-3-12(4-7-14)10-20-17(22)21-16-8-5-13(18)9-15(16)19/h3-9,11H,10H2,1-2H3,(H2,20,21,22). The number of amides is 2. The summed E-state index contributed by atoms with van der Waals surface area (Å²) in [7, 11) is 0. The molecule has 0 atom stereocenters. The molecule has 2 N–H and O–H groups in total. The summed E-state index contributed by atoms with van der Waals surface area (Å²) in [6.07, 6.45) is 0.0929. The maximum atomic E-state index is 13.4. The van der Waals surface area contributed by atoms with E-state index in [9.17, 15) is 13.6 Å². The van der Waals surface area contributed by atoms with Crippen LogP contribution in [-0.4, -0.2) is 12.1 Å². The highest BCUT2D eigenvalue weighted by molar-refractivity contribution is 5.89. The van der Waals surface area contributed by atoms with Gasteiger partial charge in [-0.05, 0) is 43.7 Å². The van der Waals surface area contributed by atoms with Crippen molar-refractivity contribution in [2.45, 2.75) is 26.5 Å². The predicted molar refractivity (Wildman–Crippen MR) is 84.4 cm³/mol. The van der Waals surface area contributed by atoms with Gasteiger partial charge in [0.15, 0.2) is 0 Å². The second-order valence-electron chi connectivity index (χ2n) is 5.24. The lowest BCUT2D eigenvalue weighted by Crippen LogP contribution is -2.28. The number of benzene rings is 2. The monoisotopic (exact) mass is 320 g/mol. The van der Waals surface area contributed by atoms with Crippen LogP contribution in [0.15, 0.2) is 42.5 Å². The molecule has 0 aliphatic carbocycles. The van der Waals surface area contributed by atoms with Crippen LogP contribution in [0.25, 0.3) is 0 Å². The smallest absolute Gasteiger partial charge is 0.319 e. The fourth-order valence-electron chi connectivity index (χ4n) is 1.90. The van der Waals surface area contributed by atoms with Crippen molar-refractivity contribution < 1.29 is 18.3 Å². The number of carbonyl (C=O) groups excluding carboxylic acids is 1. The first kappa shape index (κ1) is 16.7. The highest BCUT2D eigenvalue weighted by Gasteiger charge is 2.07. The van der Waals surface area contributed by atoms with E-state index < -0.39 is 17.7 Å². The molecule has 2 rings (SSSR count). The molecule has 0 aliphatic rings. The third-order valence-electron chi connectivity index (χ3n) is 2.93. The number of rotatable bonds is 5.